The van der Waals surface area contributed by atoms with E-state index >= 15 is 0 Å². The Kier molecular flexibility index (Phi) is 6.40. The first-order chi connectivity index (χ1) is 19.1. The number of hydrogen-bond donors (Lipinski definition) is 3. The first-order valence-electron chi connectivity index (χ1n) is 12.7. The normalized spacial score (nSPS) is 25.8. The molecule has 1 fully saturated rings. The van der Waals surface area contributed by atoms with Crippen molar-refractivity contribution in [2.24, 2.45) is 17.8 Å². The quantitative estimate of drug-likeness (QED) is 0.209. The van der Waals surface area contributed by atoms with Crippen LogP contribution in [0.15, 0.2) is 75.8 Å². The number of imide groups is 1. The van der Waals surface area contributed by atoms with Crippen LogP contribution in [0.3, 0.4) is 0 Å². The number of ketones is 2. The van der Waals surface area contributed by atoms with Gasteiger partial charge < -0.3 is 19.9 Å². The Morgan fingerprint density at radius 3 is 2.50 bits per heavy atom. The van der Waals surface area contributed by atoms with Crippen LogP contribution in [0.1, 0.15) is 24.3 Å². The van der Waals surface area contributed by atoms with Gasteiger partial charge in [-0.1, -0.05) is 29.8 Å². The SMILES string of the molecule is COc1ccc(C2C3=CCC4C(=O)N(c5cccc(B(O)O)c5)C(=O)C4C3CC3=C2C(=O)C=C(Br)C3=O)cc1O. The highest BCUT2D eigenvalue weighted by Gasteiger charge is 2.56. The molecule has 0 aromatic heterocycles. The molecule has 40 heavy (non-hydrogen) atoms. The number of nitrogens with zero attached hydrogens (tertiary/aromatic N) is 1. The summed E-state index contributed by atoms with van der Waals surface area (Å²) in [5.41, 5.74) is 2.27. The molecule has 0 spiro atoms. The maximum absolute atomic E-state index is 13.9. The average molecular weight is 604 g/mol. The number of allylic oxidation sites excluding steroid dienone is 6. The molecule has 2 aromatic carbocycles. The third kappa shape index (κ3) is 3.91. The Hall–Kier alpha value is -3.80. The van der Waals surface area contributed by atoms with Gasteiger partial charge in [0.1, 0.15) is 0 Å². The number of carbonyl (C=O) groups excluding carboxylic acids is 4. The van der Waals surface area contributed by atoms with Gasteiger partial charge in [0.2, 0.25) is 11.8 Å². The molecule has 1 saturated heterocycles. The van der Waals surface area contributed by atoms with Gasteiger partial charge in [0.05, 0.1) is 29.1 Å². The van der Waals surface area contributed by atoms with E-state index < -0.39 is 42.6 Å². The second-order valence-electron chi connectivity index (χ2n) is 10.3. The molecule has 9 nitrogen and oxygen atoms in total. The van der Waals surface area contributed by atoms with Crippen molar-refractivity contribution in [3.05, 3.63) is 81.4 Å². The van der Waals surface area contributed by atoms with E-state index in [0.717, 1.165) is 10.5 Å². The summed E-state index contributed by atoms with van der Waals surface area (Å²) in [6, 6.07) is 10.8. The van der Waals surface area contributed by atoms with Crippen molar-refractivity contribution < 1.29 is 39.1 Å². The third-order valence-electron chi connectivity index (χ3n) is 8.29. The minimum Gasteiger partial charge on any atom is -0.504 e. The first kappa shape index (κ1) is 26.4. The number of rotatable bonds is 4. The summed E-state index contributed by atoms with van der Waals surface area (Å²) in [5.74, 6) is -4.13. The van der Waals surface area contributed by atoms with Gasteiger partial charge in [-0.25, -0.2) is 0 Å². The Morgan fingerprint density at radius 1 is 1.02 bits per heavy atom. The zero-order valence-electron chi connectivity index (χ0n) is 21.2. The number of ether oxygens (including phenoxy) is 1. The van der Waals surface area contributed by atoms with Crippen molar-refractivity contribution in [2.45, 2.75) is 18.8 Å². The molecule has 0 saturated carbocycles. The van der Waals surface area contributed by atoms with Crippen molar-refractivity contribution in [3.63, 3.8) is 0 Å². The van der Waals surface area contributed by atoms with Crippen molar-refractivity contribution in [3.8, 4) is 11.5 Å². The van der Waals surface area contributed by atoms with E-state index in [1.165, 1.54) is 37.5 Å². The number of hydrogen-bond acceptors (Lipinski definition) is 8. The largest absolute Gasteiger partial charge is 0.504 e. The lowest BCUT2D eigenvalue weighted by molar-refractivity contribution is -0.123. The van der Waals surface area contributed by atoms with Gasteiger partial charge >= 0.3 is 7.12 Å². The Bertz CT molecular complexity index is 1610. The molecule has 3 N–H and O–H groups in total. The molecule has 2 aromatic rings. The van der Waals surface area contributed by atoms with E-state index in [-0.39, 0.29) is 57.1 Å². The van der Waals surface area contributed by atoms with Gasteiger partial charge in [0.15, 0.2) is 23.1 Å². The van der Waals surface area contributed by atoms with Gasteiger partial charge in [-0.05, 0) is 70.0 Å². The summed E-state index contributed by atoms with van der Waals surface area (Å²) in [6.07, 6.45) is 3.49. The van der Waals surface area contributed by atoms with Crippen LogP contribution in [0.5, 0.6) is 11.5 Å². The molecule has 6 rings (SSSR count). The van der Waals surface area contributed by atoms with E-state index in [1.807, 2.05) is 6.08 Å². The smallest absolute Gasteiger partial charge is 0.488 e. The molecular formula is C29H23BBrNO8. The summed E-state index contributed by atoms with van der Waals surface area (Å²) in [7, 11) is -0.345. The fourth-order valence-electron chi connectivity index (χ4n) is 6.55. The Balaban J connectivity index is 1.47. The fourth-order valence-corrected chi connectivity index (χ4v) is 7.00. The predicted octanol–water partition coefficient (Wildman–Crippen LogP) is 2.05. The van der Waals surface area contributed by atoms with E-state index in [0.29, 0.717) is 11.1 Å². The minimum absolute atomic E-state index is 0.108. The highest BCUT2D eigenvalue weighted by atomic mass is 79.9. The number of carbonyl (C=O) groups is 4. The second kappa shape index (κ2) is 9.69. The molecule has 1 aliphatic heterocycles. The highest BCUT2D eigenvalue weighted by molar-refractivity contribution is 9.12. The summed E-state index contributed by atoms with van der Waals surface area (Å²) >= 11 is 3.20. The van der Waals surface area contributed by atoms with Gasteiger partial charge in [0.25, 0.3) is 0 Å². The van der Waals surface area contributed by atoms with Crippen LogP contribution >= 0.6 is 15.9 Å². The van der Waals surface area contributed by atoms with Crippen molar-refractivity contribution >= 4 is 57.6 Å². The number of halogens is 1. The van der Waals surface area contributed by atoms with E-state index in [1.54, 1.807) is 18.2 Å². The number of anilines is 1. The second-order valence-corrected chi connectivity index (χ2v) is 11.2. The number of aromatic hydroxyl groups is 1. The molecule has 0 radical (unpaired) electrons. The lowest BCUT2D eigenvalue weighted by Gasteiger charge is -2.42. The van der Waals surface area contributed by atoms with Gasteiger partial charge in [-0.3, -0.25) is 24.1 Å². The van der Waals surface area contributed by atoms with Crippen LogP contribution in [0.25, 0.3) is 0 Å². The number of methoxy groups -OCH3 is 1. The molecule has 0 bridgehead atoms. The fraction of sp³-hybridized carbons (Fsp3) is 0.241. The zero-order valence-corrected chi connectivity index (χ0v) is 22.8. The number of fused-ring (bicyclic) bond motifs is 3. The van der Waals surface area contributed by atoms with Crippen LogP contribution in [0.2, 0.25) is 0 Å². The molecule has 4 atom stereocenters. The standard InChI is InChI=1S/C29H23BBrNO8/c1-40-23-8-5-13(9-21(23)33)24-16-6-7-17-25(18(16)11-19-26(24)22(34)12-20(31)27(19)35)29(37)32(28(17)36)15-4-2-3-14(10-15)30(38)39/h2-6,8-10,12,17-18,24-25,33,38-39H,7,11H2,1H3. The molecule has 3 aliphatic carbocycles. The predicted molar refractivity (Wildman–Crippen MR) is 148 cm³/mol. The first-order valence-corrected chi connectivity index (χ1v) is 13.5. The Morgan fingerprint density at radius 2 is 1.80 bits per heavy atom. The molecule has 4 aliphatic rings. The maximum atomic E-state index is 13.9. The third-order valence-corrected chi connectivity index (χ3v) is 8.88. The molecule has 2 amide bonds. The summed E-state index contributed by atoms with van der Waals surface area (Å²) in [5, 5.41) is 29.8. The lowest BCUT2D eigenvalue weighted by atomic mass is 9.59. The summed E-state index contributed by atoms with van der Waals surface area (Å²) in [4.78, 5) is 55.3. The van der Waals surface area contributed by atoms with Crippen LogP contribution in [-0.2, 0) is 19.2 Å². The van der Waals surface area contributed by atoms with Crippen LogP contribution < -0.4 is 15.1 Å². The summed E-state index contributed by atoms with van der Waals surface area (Å²) < 4.78 is 5.31. The highest BCUT2D eigenvalue weighted by Crippen LogP contribution is 2.56. The zero-order chi connectivity index (χ0) is 28.5. The van der Waals surface area contributed by atoms with E-state index in [2.05, 4.69) is 15.9 Å². The number of phenolic OH excluding ortho intramolecular Hbond substituents is 1. The van der Waals surface area contributed by atoms with Crippen LogP contribution in [0, 0.1) is 17.8 Å². The monoisotopic (exact) mass is 603 g/mol. The summed E-state index contributed by atoms with van der Waals surface area (Å²) in [6.45, 7) is 0. The van der Waals surface area contributed by atoms with Crippen molar-refractivity contribution in [2.75, 3.05) is 12.0 Å². The van der Waals surface area contributed by atoms with E-state index in [4.69, 9.17) is 4.74 Å². The van der Waals surface area contributed by atoms with Crippen LogP contribution in [0.4, 0.5) is 5.69 Å². The number of benzene rings is 2. The van der Waals surface area contributed by atoms with Crippen LogP contribution in [-0.4, -0.2) is 52.8 Å². The average Bonchev–Trinajstić information content (AvgIpc) is 3.20. The lowest BCUT2D eigenvalue weighted by Crippen LogP contribution is -2.39. The van der Waals surface area contributed by atoms with Gasteiger partial charge in [-0.15, -0.1) is 0 Å². The minimum atomic E-state index is -1.77. The Labute approximate surface area is 237 Å². The van der Waals surface area contributed by atoms with Gasteiger partial charge in [0, 0.05) is 23.1 Å². The number of amides is 2. The van der Waals surface area contributed by atoms with Crippen molar-refractivity contribution in [1.82, 2.24) is 0 Å². The topological polar surface area (TPSA) is 141 Å². The maximum Gasteiger partial charge on any atom is 0.488 e. The number of Topliss-reactive ketones (excluding diaryl/α,β-unsaturated/α-hetero) is 1. The molecule has 11 heteroatoms. The molecule has 4 unspecified atom stereocenters. The van der Waals surface area contributed by atoms with Crippen molar-refractivity contribution in [1.29, 1.82) is 0 Å². The molecular weight excluding hydrogens is 581 g/mol. The molecule has 202 valence electrons. The molecule has 1 heterocycles. The van der Waals surface area contributed by atoms with E-state index in [9.17, 15) is 34.3 Å². The number of phenols is 1. The van der Waals surface area contributed by atoms with Gasteiger partial charge in [-0.2, -0.15) is 0 Å².